The van der Waals surface area contributed by atoms with Gasteiger partial charge in [-0.1, -0.05) is 56.3 Å². The lowest BCUT2D eigenvalue weighted by atomic mass is 9.78. The van der Waals surface area contributed by atoms with Gasteiger partial charge in [0.05, 0.1) is 33.6 Å². The number of thiazole rings is 1. The summed E-state index contributed by atoms with van der Waals surface area (Å²) in [5, 5.41) is 10.7. The molecule has 41 heavy (non-hydrogen) atoms. The molecule has 4 atom stereocenters. The Labute approximate surface area is 243 Å². The molecular weight excluding hydrogens is 536 g/mol. The van der Waals surface area contributed by atoms with E-state index in [9.17, 15) is 19.5 Å². The van der Waals surface area contributed by atoms with Gasteiger partial charge < -0.3 is 14.9 Å². The minimum atomic E-state index is -0.858. The SMILES string of the molecule is Cc1ncsc1-c1ccc([C@]2(C)CC([C@@H]3C[C@@H](O)CN3C(=O)[C@H](C(C)C)N3Cc4ccccc4C3=O)=NC2=O)cc1. The second-order valence-corrected chi connectivity index (χ2v) is 12.8. The fourth-order valence-corrected chi connectivity index (χ4v) is 7.35. The third-order valence-corrected chi connectivity index (χ3v) is 9.78. The zero-order chi connectivity index (χ0) is 29.1. The summed E-state index contributed by atoms with van der Waals surface area (Å²) in [6, 6.07) is 14.2. The highest BCUT2D eigenvalue weighted by Gasteiger charge is 2.49. The number of aryl methyl sites for hydroxylation is 1. The van der Waals surface area contributed by atoms with Crippen LogP contribution in [0.25, 0.3) is 10.4 Å². The number of β-amino-alcohol motifs (C(OH)–C–C–N with tert-alkyl or cyclic N) is 1. The van der Waals surface area contributed by atoms with Crippen molar-refractivity contribution < 1.29 is 19.5 Å². The van der Waals surface area contributed by atoms with Gasteiger partial charge in [0.2, 0.25) is 5.91 Å². The van der Waals surface area contributed by atoms with Crippen LogP contribution in [-0.4, -0.2) is 68.1 Å². The molecule has 0 radical (unpaired) electrons. The van der Waals surface area contributed by atoms with Crippen LogP contribution in [0, 0.1) is 12.8 Å². The summed E-state index contributed by atoms with van der Waals surface area (Å²) in [6.07, 6.45) is -0.0436. The number of aliphatic imine (C=N–C) groups is 1. The van der Waals surface area contributed by atoms with Crippen molar-refractivity contribution in [1.82, 2.24) is 14.8 Å². The molecule has 3 amide bonds. The number of hydrogen-bond acceptors (Lipinski definition) is 6. The minimum absolute atomic E-state index is 0.141. The Balaban J connectivity index is 1.24. The first-order chi connectivity index (χ1) is 19.6. The van der Waals surface area contributed by atoms with Crippen molar-refractivity contribution in [3.63, 3.8) is 0 Å². The van der Waals surface area contributed by atoms with E-state index in [0.29, 0.717) is 30.7 Å². The van der Waals surface area contributed by atoms with Gasteiger partial charge in [0.25, 0.3) is 11.8 Å². The smallest absolute Gasteiger partial charge is 0.256 e. The Morgan fingerprint density at radius 3 is 2.51 bits per heavy atom. The maximum atomic E-state index is 14.2. The second kappa shape index (κ2) is 10.3. The molecule has 0 spiro atoms. The first-order valence-corrected chi connectivity index (χ1v) is 15.0. The predicted octanol–water partition coefficient (Wildman–Crippen LogP) is 4.39. The highest BCUT2D eigenvalue weighted by Crippen LogP contribution is 2.39. The maximum absolute atomic E-state index is 14.2. The molecule has 3 aliphatic heterocycles. The Hall–Kier alpha value is -3.69. The average molecular weight is 571 g/mol. The van der Waals surface area contributed by atoms with Crippen LogP contribution in [-0.2, 0) is 21.5 Å². The molecule has 1 N–H and O–H groups in total. The fourth-order valence-electron chi connectivity index (χ4n) is 6.54. The van der Waals surface area contributed by atoms with Gasteiger partial charge in [-0.15, -0.1) is 11.3 Å². The van der Waals surface area contributed by atoms with Gasteiger partial charge in [0.15, 0.2) is 0 Å². The zero-order valence-electron chi connectivity index (χ0n) is 23.7. The number of hydrogen-bond donors (Lipinski definition) is 1. The number of likely N-dealkylation sites (tertiary alicyclic amines) is 1. The molecule has 4 heterocycles. The standard InChI is InChI=1S/C32H34N4O4S/c1-18(2)27(36-15-21-7-5-6-8-24(21)29(36)38)30(39)35-16-23(37)13-26(35)25-14-32(4,31(40)34-25)22-11-9-20(10-12-22)28-19(3)33-17-41-28/h5-12,17-18,23,26-27,37H,13-16H2,1-4H3/t23-,26+,27+,32+/m1/s1. The third kappa shape index (κ3) is 4.61. The average Bonchev–Trinajstić information content (AvgIpc) is 3.71. The molecular formula is C32H34N4O4S. The van der Waals surface area contributed by atoms with Crippen LogP contribution in [0.1, 0.15) is 60.8 Å². The van der Waals surface area contributed by atoms with E-state index in [-0.39, 0.29) is 30.2 Å². The normalized spacial score (nSPS) is 24.8. The topological polar surface area (TPSA) is 103 Å². The lowest BCUT2D eigenvalue weighted by Crippen LogP contribution is -2.54. The molecule has 3 aromatic rings. The van der Waals surface area contributed by atoms with E-state index in [4.69, 9.17) is 0 Å². The van der Waals surface area contributed by atoms with E-state index < -0.39 is 23.6 Å². The highest BCUT2D eigenvalue weighted by molar-refractivity contribution is 7.13. The zero-order valence-corrected chi connectivity index (χ0v) is 24.5. The molecule has 2 aromatic carbocycles. The summed E-state index contributed by atoms with van der Waals surface area (Å²) >= 11 is 1.58. The first kappa shape index (κ1) is 27.5. The molecule has 212 valence electrons. The molecule has 9 heteroatoms. The number of aliphatic hydroxyl groups is 1. The molecule has 0 bridgehead atoms. The van der Waals surface area contributed by atoms with E-state index in [0.717, 1.165) is 27.3 Å². The van der Waals surface area contributed by atoms with Gasteiger partial charge in [-0.25, -0.2) is 9.98 Å². The molecule has 0 aliphatic carbocycles. The number of rotatable bonds is 6. The molecule has 0 unspecified atom stereocenters. The van der Waals surface area contributed by atoms with Gasteiger partial charge >= 0.3 is 0 Å². The van der Waals surface area contributed by atoms with Crippen LogP contribution in [0.15, 0.2) is 59.0 Å². The number of carbonyl (C=O) groups excluding carboxylic acids is 3. The van der Waals surface area contributed by atoms with Crippen molar-refractivity contribution in [2.75, 3.05) is 6.54 Å². The number of aliphatic hydroxyl groups excluding tert-OH is 1. The van der Waals surface area contributed by atoms with Crippen LogP contribution in [0.4, 0.5) is 0 Å². The van der Waals surface area contributed by atoms with E-state index in [1.54, 1.807) is 27.2 Å². The fraction of sp³-hybridized carbons (Fsp3) is 0.406. The van der Waals surface area contributed by atoms with Crippen LogP contribution in [0.2, 0.25) is 0 Å². The molecule has 1 fully saturated rings. The van der Waals surface area contributed by atoms with Gasteiger partial charge in [-0.05, 0) is 42.5 Å². The number of benzene rings is 2. The quantitative estimate of drug-likeness (QED) is 0.474. The lowest BCUT2D eigenvalue weighted by molar-refractivity contribution is -0.138. The summed E-state index contributed by atoms with van der Waals surface area (Å²) in [4.78, 5) is 54.1. The van der Waals surface area contributed by atoms with Gasteiger partial charge in [0.1, 0.15) is 6.04 Å². The van der Waals surface area contributed by atoms with E-state index in [1.165, 1.54) is 0 Å². The second-order valence-electron chi connectivity index (χ2n) is 11.9. The largest absolute Gasteiger partial charge is 0.391 e. The number of aromatic nitrogens is 1. The molecule has 6 rings (SSSR count). The predicted molar refractivity (Wildman–Crippen MR) is 158 cm³/mol. The van der Waals surface area contributed by atoms with Crippen molar-refractivity contribution >= 4 is 34.8 Å². The van der Waals surface area contributed by atoms with Crippen LogP contribution < -0.4 is 0 Å². The Morgan fingerprint density at radius 1 is 1.12 bits per heavy atom. The number of amides is 3. The summed E-state index contributed by atoms with van der Waals surface area (Å²) in [5.41, 5.74) is 6.01. The molecule has 8 nitrogen and oxygen atoms in total. The van der Waals surface area contributed by atoms with Crippen molar-refractivity contribution in [2.45, 2.75) is 70.7 Å². The van der Waals surface area contributed by atoms with Crippen molar-refractivity contribution in [3.8, 4) is 10.4 Å². The molecule has 3 aliphatic rings. The summed E-state index contributed by atoms with van der Waals surface area (Å²) in [7, 11) is 0. The van der Waals surface area contributed by atoms with E-state index in [1.807, 2.05) is 75.7 Å². The van der Waals surface area contributed by atoms with Gasteiger partial charge in [-0.3, -0.25) is 14.4 Å². The molecule has 0 saturated carbocycles. The summed E-state index contributed by atoms with van der Waals surface area (Å²) in [6.45, 7) is 8.27. The van der Waals surface area contributed by atoms with Gasteiger partial charge in [-0.2, -0.15) is 0 Å². The van der Waals surface area contributed by atoms with Crippen molar-refractivity contribution in [1.29, 1.82) is 0 Å². The summed E-state index contributed by atoms with van der Waals surface area (Å²) in [5.74, 6) is -0.747. The Morgan fingerprint density at radius 2 is 1.85 bits per heavy atom. The lowest BCUT2D eigenvalue weighted by Gasteiger charge is -2.35. The molecule has 1 saturated heterocycles. The number of nitrogens with zero attached hydrogens (tertiary/aromatic N) is 4. The van der Waals surface area contributed by atoms with Crippen LogP contribution in [0.5, 0.6) is 0 Å². The van der Waals surface area contributed by atoms with Gasteiger partial charge in [0, 0.05) is 37.2 Å². The Kier molecular flexibility index (Phi) is 6.90. The van der Waals surface area contributed by atoms with Crippen molar-refractivity contribution in [2.24, 2.45) is 10.9 Å². The summed E-state index contributed by atoms with van der Waals surface area (Å²) < 4.78 is 0. The monoisotopic (exact) mass is 570 g/mol. The van der Waals surface area contributed by atoms with E-state index in [2.05, 4.69) is 9.98 Å². The van der Waals surface area contributed by atoms with Crippen LogP contribution in [0.3, 0.4) is 0 Å². The highest BCUT2D eigenvalue weighted by atomic mass is 32.1. The maximum Gasteiger partial charge on any atom is 0.256 e. The Bertz CT molecular complexity index is 1560. The van der Waals surface area contributed by atoms with Crippen LogP contribution >= 0.6 is 11.3 Å². The van der Waals surface area contributed by atoms with E-state index >= 15 is 0 Å². The first-order valence-electron chi connectivity index (χ1n) is 14.1. The third-order valence-electron chi connectivity index (χ3n) is 8.80. The minimum Gasteiger partial charge on any atom is -0.391 e. The van der Waals surface area contributed by atoms with Crippen molar-refractivity contribution in [3.05, 3.63) is 76.4 Å². The number of fused-ring (bicyclic) bond motifs is 1. The molecule has 1 aromatic heterocycles. The number of carbonyl (C=O) groups is 3.